The number of hydrogen-bond donors (Lipinski definition) is 1. The number of rotatable bonds is 16. The van der Waals surface area contributed by atoms with E-state index in [4.69, 9.17) is 4.79 Å². The summed E-state index contributed by atoms with van der Waals surface area (Å²) in [5.74, 6) is 0.139. The van der Waals surface area contributed by atoms with Gasteiger partial charge in [-0.2, -0.15) is 23.5 Å². The van der Waals surface area contributed by atoms with Crippen LogP contribution in [0.15, 0.2) is 223 Å². The molecule has 0 unspecified atom stereocenters. The number of primary amides is 1. The second-order valence-corrected chi connectivity index (χ2v) is 34.9. The Kier molecular flexibility index (Phi) is 107. The minimum absolute atomic E-state index is 0. The number of carbonyl (C=O) groups excluding carboxylic acids is 1. The first-order valence-corrected chi connectivity index (χ1v) is 46.0. The van der Waals surface area contributed by atoms with E-state index < -0.39 is 70.8 Å². The number of hydrogen-bond acceptors (Lipinski definition) is 26. The molecule has 1 heterocycles. The van der Waals surface area contributed by atoms with Gasteiger partial charge in [0.05, 0.1) is 54.7 Å². The number of fused-ring (bicyclic) bond motifs is 1. The van der Waals surface area contributed by atoms with Gasteiger partial charge in [0.1, 0.15) is 60.7 Å². The van der Waals surface area contributed by atoms with Crippen molar-refractivity contribution in [3.05, 3.63) is 244 Å². The van der Waals surface area contributed by atoms with Crippen LogP contribution in [0.5, 0.6) is 0 Å². The molecule has 1 aromatic heterocycles. The van der Waals surface area contributed by atoms with Crippen LogP contribution < -0.4 is 365 Å². The summed E-state index contributed by atoms with van der Waals surface area (Å²) >= 11 is 4.47. The third-order valence-electron chi connectivity index (χ3n) is 12.7. The Morgan fingerprint density at radius 1 is 0.376 bits per heavy atom. The van der Waals surface area contributed by atoms with Crippen molar-refractivity contribution in [3.8, 4) is 0 Å². The molecule has 1 amide bonds. The van der Waals surface area contributed by atoms with Gasteiger partial charge in [-0.3, -0.25) is 4.79 Å². The summed E-state index contributed by atoms with van der Waals surface area (Å²) in [7, 11) is -29.7. The Balaban J connectivity index is -0.0000000569. The number of thioether (sulfide) groups is 2. The van der Waals surface area contributed by atoms with E-state index in [2.05, 4.69) is 67.9 Å². The van der Waals surface area contributed by atoms with Gasteiger partial charge in [-0.15, -0.1) is 11.3 Å². The summed E-state index contributed by atoms with van der Waals surface area (Å²) in [6.45, 7) is 21.4. The fourth-order valence-electron chi connectivity index (χ4n) is 7.28. The van der Waals surface area contributed by atoms with E-state index >= 15 is 0 Å². The van der Waals surface area contributed by atoms with Crippen LogP contribution in [0.25, 0.3) is 10.2 Å². The summed E-state index contributed by atoms with van der Waals surface area (Å²) in [5.41, 5.74) is 13.7. The molecule has 0 spiro atoms. The van der Waals surface area contributed by atoms with Gasteiger partial charge in [-0.25, -0.2) is 63.9 Å². The third-order valence-corrected chi connectivity index (χ3v) is 20.3. The van der Waals surface area contributed by atoms with Crippen LogP contribution in [0.3, 0.4) is 0 Å². The van der Waals surface area contributed by atoms with Gasteiger partial charge in [0.25, 0.3) is 0 Å². The number of carbonyl (C=O) groups is 1. The van der Waals surface area contributed by atoms with Gasteiger partial charge in [-0.1, -0.05) is 229 Å². The topological polar surface area (TPSA) is 456 Å². The molecule has 8 aromatic carbocycles. The summed E-state index contributed by atoms with van der Waals surface area (Å²) in [6.07, 6.45) is 15.7. The second-order valence-electron chi connectivity index (χ2n) is 22.1. The molecule has 41 heteroatoms. The van der Waals surface area contributed by atoms with Crippen molar-refractivity contribution in [2.24, 2.45) is 5.73 Å². The molecule has 2 N–H and O–H groups in total. The number of aromatic nitrogens is 1. The quantitative estimate of drug-likeness (QED) is 0.0421. The molecule has 0 atom stereocenters. The molecule has 0 bridgehead atoms. The Bertz CT molecular complexity index is 4420. The molecule has 0 aliphatic rings. The summed E-state index contributed by atoms with van der Waals surface area (Å²) in [6, 6.07) is 52.3. The maximum atomic E-state index is 10.7. The monoisotopic (exact) mass is 2000 g/mol. The van der Waals surface area contributed by atoms with Crippen LogP contribution in [0.1, 0.15) is 140 Å². The molecular weight excluding hydrogens is 1890 g/mol. The predicted octanol–water partition coefficient (Wildman–Crippen LogP) is -3.69. The fraction of sp³-hybridized carbons (Fsp3) is 0.342. The van der Waals surface area contributed by atoms with E-state index in [-0.39, 0.29) is 432 Å². The Morgan fingerprint density at radius 3 is 0.821 bits per heavy atom. The number of benzene rings is 8. The predicted molar refractivity (Wildman–Crippen MR) is 454 cm³/mol. The summed E-state index contributed by atoms with van der Waals surface area (Å²) in [4.78, 5) is 11.7. The molecule has 0 radical (unpaired) electrons. The average molecular weight is 2010 g/mol. The van der Waals surface area contributed by atoms with Crippen molar-refractivity contribution < 1.29 is 464 Å². The van der Waals surface area contributed by atoms with E-state index in [0.29, 0.717) is 5.75 Å². The second kappa shape index (κ2) is 83.7. The number of thiazole rings is 1. The van der Waals surface area contributed by atoms with Crippen LogP contribution in [0.4, 0.5) is 0 Å². The maximum absolute atomic E-state index is 10.7. The standard InChI is InChI=1S/C15H24.C8H7NO3S2.5C7H8O3S.C7H8.C3H8O3S2.C2H6S.C2H6.CH3NO.3CH4.7K.6H2/c1-3-4-5-6-7-8-9-15-12-10-14(2)11-13-15;1-5-9-7-3-2-6(14(10,11)12)4-8(7)13-5;5*1-6-2-4-7(5-3-6)11(8,9)10;1-7-5-3-2-4-6-7;1-7-2-3-8(4,5)6;1-3-2;1-2;2-1-3;;;;;;;;;;;;;;;;/h10-13H,3-9H2,1-2H3;2-4H,1H3,(H,10,11,12);5*2-5H,1H3,(H,8,9,10);2-6H,1H3;2-3H2,1H3,(H,4,5,6);1-2H3;1-2H3;1H,(H2,2,3);3*1H4;;;;;;;;6*1H/q;;;;;;;;;;;;;;;7*+1;;;;;;/p-7. The molecule has 0 saturated carbocycles. The fourth-order valence-corrected chi connectivity index (χ4v) is 12.6. The van der Waals surface area contributed by atoms with Crippen LogP contribution in [0.2, 0.25) is 0 Å². The number of nitrogens with two attached hydrogens (primary N) is 1. The van der Waals surface area contributed by atoms with Gasteiger partial charge in [0, 0.05) is 20.1 Å². The third kappa shape index (κ3) is 83.5. The molecule has 0 fully saturated rings. The molecule has 632 valence electrons. The van der Waals surface area contributed by atoms with Gasteiger partial charge in [0.2, 0.25) is 6.41 Å². The molecule has 9 aromatic rings. The van der Waals surface area contributed by atoms with Crippen LogP contribution in [0, 0.1) is 55.4 Å². The molecule has 0 aliphatic carbocycles. The van der Waals surface area contributed by atoms with Gasteiger partial charge in [-0.05, 0) is 171 Å². The van der Waals surface area contributed by atoms with Crippen molar-refractivity contribution in [1.82, 2.24) is 4.98 Å². The first kappa shape index (κ1) is 150. The van der Waals surface area contributed by atoms with Crippen LogP contribution in [-0.2, 0) is 82.0 Å². The number of amides is 1. The molecular formula is C76H119K7N2O22S10. The maximum Gasteiger partial charge on any atom is 1.00 e. The number of nitrogens with zero attached hydrogens (tertiary/aromatic N) is 1. The van der Waals surface area contributed by atoms with Crippen molar-refractivity contribution in [2.75, 3.05) is 30.3 Å². The smallest absolute Gasteiger partial charge is 0.748 e. The van der Waals surface area contributed by atoms with E-state index in [0.717, 1.165) is 43.0 Å². The first-order valence-electron chi connectivity index (χ1n) is 32.1. The van der Waals surface area contributed by atoms with Crippen molar-refractivity contribution in [1.29, 1.82) is 0 Å². The van der Waals surface area contributed by atoms with E-state index in [1.807, 2.05) is 86.1 Å². The Morgan fingerprint density at radius 2 is 0.607 bits per heavy atom. The number of unbranched alkanes of at least 4 members (excludes halogenated alkanes) is 5. The normalized spacial score (nSPS) is 9.82. The zero-order valence-electron chi connectivity index (χ0n) is 69.0. The van der Waals surface area contributed by atoms with Crippen LogP contribution >= 0.6 is 34.9 Å². The summed E-state index contributed by atoms with van der Waals surface area (Å²) < 4.78 is 218. The molecule has 24 nitrogen and oxygen atoms in total. The molecule has 0 saturated heterocycles. The van der Waals surface area contributed by atoms with E-state index in [1.54, 1.807) is 84.7 Å². The summed E-state index contributed by atoms with van der Waals surface area (Å²) in [5, 5.41) is 0.848. The van der Waals surface area contributed by atoms with Gasteiger partial charge in [0.15, 0.2) is 0 Å². The largest absolute Gasteiger partial charge is 1.00 e. The number of aryl methyl sites for hydroxylation is 9. The van der Waals surface area contributed by atoms with Gasteiger partial charge < -0.3 is 37.6 Å². The van der Waals surface area contributed by atoms with Crippen molar-refractivity contribution >= 4 is 122 Å². The van der Waals surface area contributed by atoms with Crippen molar-refractivity contribution in [2.45, 2.75) is 173 Å². The Hall–Kier alpha value is 4.64. The zero-order chi connectivity index (χ0) is 82.8. The van der Waals surface area contributed by atoms with Crippen LogP contribution in [-0.4, -0.2) is 132 Å². The first-order chi connectivity index (χ1) is 49.6. The minimum atomic E-state index is -4.36. The average Bonchev–Trinajstić information content (AvgIpc) is 1.66. The van der Waals surface area contributed by atoms with Gasteiger partial charge >= 0.3 is 360 Å². The molecule has 9 rings (SSSR count). The SMILES string of the molecule is C.C.C.CC.CCCCCCCCc1ccc(C)cc1.CSC.CSCCS(=O)(=O)[O-].Cc1ccc(S(=O)(=O)[O-])cc1.Cc1ccc(S(=O)(=O)[O-])cc1.Cc1ccc(S(=O)(=O)[O-])cc1.Cc1ccc(S(=O)(=O)[O-])cc1.Cc1ccc(S(=O)(=O)[O-])cc1.Cc1ccccc1.Cc1nc2ccc(S(=O)(=O)[O-])cc2s1.NC=O.[HH].[HH].[HH].[HH].[HH].[HH].[K+].[K+].[K+].[K+].[K+].[K+].[K+]. The molecule has 0 aliphatic heterocycles. The molecule has 117 heavy (non-hydrogen) atoms. The van der Waals surface area contributed by atoms with E-state index in [1.165, 1.54) is 158 Å². The minimum Gasteiger partial charge on any atom is -0.748 e. The Labute approximate surface area is 1020 Å². The zero-order valence-corrected chi connectivity index (χ0v) is 99.0. The van der Waals surface area contributed by atoms with Crippen molar-refractivity contribution in [3.63, 3.8) is 0 Å². The van der Waals surface area contributed by atoms with E-state index in [9.17, 15) is 90.8 Å².